The number of benzene rings is 2. The predicted molar refractivity (Wildman–Crippen MR) is 106 cm³/mol. The Labute approximate surface area is 160 Å². The number of ether oxygens (including phenoxy) is 1. The molecule has 1 fully saturated rings. The van der Waals surface area contributed by atoms with Gasteiger partial charge in [0.2, 0.25) is 11.8 Å². The first kappa shape index (κ1) is 19.0. The molecule has 2 aromatic rings. The number of hydrogen-bond donors (Lipinski definition) is 1. The van der Waals surface area contributed by atoms with Crippen LogP contribution in [-0.2, 0) is 16.1 Å². The second kappa shape index (κ2) is 8.25. The molecule has 5 nitrogen and oxygen atoms in total. The van der Waals surface area contributed by atoms with Gasteiger partial charge in [-0.25, -0.2) is 0 Å². The van der Waals surface area contributed by atoms with Gasteiger partial charge in [-0.15, -0.1) is 0 Å². The van der Waals surface area contributed by atoms with Gasteiger partial charge in [0.1, 0.15) is 5.75 Å². The number of para-hydroxylation sites is 2. The smallest absolute Gasteiger partial charge is 0.229 e. The molecule has 2 amide bonds. The van der Waals surface area contributed by atoms with E-state index in [-0.39, 0.29) is 30.3 Å². The molecule has 1 atom stereocenters. The van der Waals surface area contributed by atoms with Gasteiger partial charge in [-0.2, -0.15) is 0 Å². The van der Waals surface area contributed by atoms with E-state index in [1.807, 2.05) is 69.3 Å². The number of carbonyl (C=O) groups excluding carboxylic acids is 2. The summed E-state index contributed by atoms with van der Waals surface area (Å²) in [6, 6.07) is 15.4. The van der Waals surface area contributed by atoms with Crippen molar-refractivity contribution in [1.29, 1.82) is 0 Å². The number of carbonyl (C=O) groups is 2. The summed E-state index contributed by atoms with van der Waals surface area (Å²) >= 11 is 0. The molecule has 0 aliphatic carbocycles. The van der Waals surface area contributed by atoms with Crippen molar-refractivity contribution < 1.29 is 14.3 Å². The number of amides is 2. The Bertz CT molecular complexity index is 832. The highest BCUT2D eigenvalue weighted by atomic mass is 16.5. The highest BCUT2D eigenvalue weighted by Gasteiger charge is 2.34. The summed E-state index contributed by atoms with van der Waals surface area (Å²) in [6.07, 6.45) is 0.256. The Balaban J connectivity index is 1.65. The highest BCUT2D eigenvalue weighted by Crippen LogP contribution is 2.27. The van der Waals surface area contributed by atoms with Gasteiger partial charge in [0, 0.05) is 19.5 Å². The number of likely N-dealkylation sites (tertiary alicyclic amines) is 1. The van der Waals surface area contributed by atoms with Crippen molar-refractivity contribution in [1.82, 2.24) is 4.90 Å². The zero-order valence-electron chi connectivity index (χ0n) is 16.1. The topological polar surface area (TPSA) is 58.6 Å². The van der Waals surface area contributed by atoms with Gasteiger partial charge in [-0.05, 0) is 44.0 Å². The Kier molecular flexibility index (Phi) is 5.79. The molecule has 0 bridgehead atoms. The summed E-state index contributed by atoms with van der Waals surface area (Å²) in [5.74, 6) is 0.163. The molecule has 0 aromatic heterocycles. The number of nitrogens with one attached hydrogen (secondary N) is 1. The molecule has 1 N–H and O–H groups in total. The quantitative estimate of drug-likeness (QED) is 0.847. The lowest BCUT2D eigenvalue weighted by Gasteiger charge is -2.19. The van der Waals surface area contributed by atoms with Crippen molar-refractivity contribution >= 4 is 17.5 Å². The van der Waals surface area contributed by atoms with E-state index in [0.29, 0.717) is 24.5 Å². The van der Waals surface area contributed by atoms with Crippen LogP contribution in [0.25, 0.3) is 0 Å². The second-order valence-corrected chi connectivity index (χ2v) is 7.25. The molecular formula is C22H26N2O3. The average Bonchev–Trinajstić information content (AvgIpc) is 2.99. The Hall–Kier alpha value is -2.82. The summed E-state index contributed by atoms with van der Waals surface area (Å²) < 4.78 is 5.75. The zero-order chi connectivity index (χ0) is 19.4. The lowest BCUT2D eigenvalue weighted by Crippen LogP contribution is -2.28. The number of nitrogens with zero attached hydrogens (tertiary/aromatic N) is 1. The molecule has 27 heavy (non-hydrogen) atoms. The Morgan fingerprint density at radius 3 is 2.63 bits per heavy atom. The van der Waals surface area contributed by atoms with E-state index >= 15 is 0 Å². The van der Waals surface area contributed by atoms with Crippen molar-refractivity contribution in [3.63, 3.8) is 0 Å². The largest absolute Gasteiger partial charge is 0.489 e. The molecule has 1 aliphatic heterocycles. The molecule has 5 heteroatoms. The van der Waals surface area contributed by atoms with Crippen molar-refractivity contribution in [2.45, 2.75) is 39.8 Å². The summed E-state index contributed by atoms with van der Waals surface area (Å²) in [7, 11) is 0. The SMILES string of the molecule is Cc1ccccc1CN1CC(C(=O)Nc2ccccc2OC(C)C)CC1=O. The highest BCUT2D eigenvalue weighted by molar-refractivity contribution is 5.98. The third-order valence-electron chi connectivity index (χ3n) is 4.72. The van der Waals surface area contributed by atoms with E-state index in [2.05, 4.69) is 5.32 Å². The molecule has 2 aromatic carbocycles. The number of rotatable bonds is 6. The minimum atomic E-state index is -0.353. The lowest BCUT2D eigenvalue weighted by molar-refractivity contribution is -0.128. The molecule has 1 saturated heterocycles. The normalized spacial score (nSPS) is 16.7. The van der Waals surface area contributed by atoms with Crippen molar-refractivity contribution in [2.24, 2.45) is 5.92 Å². The molecule has 142 valence electrons. The fourth-order valence-electron chi connectivity index (χ4n) is 3.26. The van der Waals surface area contributed by atoms with Gasteiger partial charge in [0.15, 0.2) is 0 Å². The number of hydrogen-bond acceptors (Lipinski definition) is 3. The van der Waals surface area contributed by atoms with Crippen LogP contribution in [0.4, 0.5) is 5.69 Å². The average molecular weight is 366 g/mol. The third-order valence-corrected chi connectivity index (χ3v) is 4.72. The summed E-state index contributed by atoms with van der Waals surface area (Å²) in [5, 5.41) is 2.93. The van der Waals surface area contributed by atoms with Crippen molar-refractivity contribution in [3.8, 4) is 5.75 Å². The van der Waals surface area contributed by atoms with Crippen LogP contribution in [0.2, 0.25) is 0 Å². The molecule has 3 rings (SSSR count). The Morgan fingerprint density at radius 2 is 1.89 bits per heavy atom. The Morgan fingerprint density at radius 1 is 1.19 bits per heavy atom. The third kappa shape index (κ3) is 4.67. The monoisotopic (exact) mass is 366 g/mol. The maximum atomic E-state index is 12.7. The molecular weight excluding hydrogens is 340 g/mol. The van der Waals surface area contributed by atoms with Gasteiger partial charge < -0.3 is 15.0 Å². The molecule has 1 unspecified atom stereocenters. The summed E-state index contributed by atoms with van der Waals surface area (Å²) in [6.45, 7) is 6.90. The number of anilines is 1. The molecule has 0 spiro atoms. The van der Waals surface area contributed by atoms with Crippen LogP contribution in [-0.4, -0.2) is 29.4 Å². The van der Waals surface area contributed by atoms with Crippen LogP contribution < -0.4 is 10.1 Å². The van der Waals surface area contributed by atoms with Crippen LogP contribution in [0.3, 0.4) is 0 Å². The summed E-state index contributed by atoms with van der Waals surface area (Å²) in [4.78, 5) is 26.9. The zero-order valence-corrected chi connectivity index (χ0v) is 16.1. The van der Waals surface area contributed by atoms with Gasteiger partial charge in [-0.1, -0.05) is 36.4 Å². The fourth-order valence-corrected chi connectivity index (χ4v) is 3.26. The maximum Gasteiger partial charge on any atom is 0.229 e. The van der Waals surface area contributed by atoms with E-state index in [4.69, 9.17) is 4.74 Å². The van der Waals surface area contributed by atoms with Crippen LogP contribution in [0.15, 0.2) is 48.5 Å². The minimum absolute atomic E-state index is 0.0145. The first-order valence-electron chi connectivity index (χ1n) is 9.33. The summed E-state index contributed by atoms with van der Waals surface area (Å²) in [5.41, 5.74) is 2.90. The second-order valence-electron chi connectivity index (χ2n) is 7.25. The van der Waals surface area contributed by atoms with Crippen molar-refractivity contribution in [2.75, 3.05) is 11.9 Å². The number of aryl methyl sites for hydroxylation is 1. The standard InChI is InChI=1S/C22H26N2O3/c1-15(2)27-20-11-7-6-10-19(20)23-22(26)18-12-21(25)24(14-18)13-17-9-5-4-8-16(17)3/h4-11,15,18H,12-14H2,1-3H3,(H,23,26). The molecule has 0 saturated carbocycles. The van der Waals surface area contributed by atoms with Crippen LogP contribution in [0.1, 0.15) is 31.4 Å². The first-order valence-corrected chi connectivity index (χ1v) is 9.33. The van der Waals surface area contributed by atoms with Crippen LogP contribution in [0, 0.1) is 12.8 Å². The van der Waals surface area contributed by atoms with Gasteiger partial charge in [-0.3, -0.25) is 9.59 Å². The van der Waals surface area contributed by atoms with E-state index in [1.54, 1.807) is 4.90 Å². The van der Waals surface area contributed by atoms with Crippen LogP contribution in [0.5, 0.6) is 5.75 Å². The van der Waals surface area contributed by atoms with E-state index in [1.165, 1.54) is 0 Å². The first-order chi connectivity index (χ1) is 12.9. The van der Waals surface area contributed by atoms with Gasteiger partial charge >= 0.3 is 0 Å². The lowest BCUT2D eigenvalue weighted by atomic mass is 10.1. The van der Waals surface area contributed by atoms with E-state index in [9.17, 15) is 9.59 Å². The predicted octanol–water partition coefficient (Wildman–Crippen LogP) is 3.77. The molecule has 0 radical (unpaired) electrons. The minimum Gasteiger partial charge on any atom is -0.489 e. The van der Waals surface area contributed by atoms with Crippen LogP contribution >= 0.6 is 0 Å². The fraction of sp³-hybridized carbons (Fsp3) is 0.364. The molecule has 1 heterocycles. The van der Waals surface area contributed by atoms with Gasteiger partial charge in [0.05, 0.1) is 17.7 Å². The van der Waals surface area contributed by atoms with E-state index in [0.717, 1.165) is 11.1 Å². The van der Waals surface area contributed by atoms with Crippen molar-refractivity contribution in [3.05, 3.63) is 59.7 Å². The molecule has 1 aliphatic rings. The van der Waals surface area contributed by atoms with E-state index < -0.39 is 0 Å². The van der Waals surface area contributed by atoms with Gasteiger partial charge in [0.25, 0.3) is 0 Å². The maximum absolute atomic E-state index is 12.7.